The standard InChI is InChI=1S/C18H27ClN2O2/c1-3-4-11-21-12-9-16(10-13-21)20-18(22)14(2)23-17-7-5-15(19)6-8-17/h5-8,14,16H,3-4,9-13H2,1-2H3,(H,20,22). The number of likely N-dealkylation sites (tertiary alicyclic amines) is 1. The van der Waals surface area contributed by atoms with Crippen molar-refractivity contribution in [2.24, 2.45) is 0 Å². The summed E-state index contributed by atoms with van der Waals surface area (Å²) in [6, 6.07) is 7.33. The van der Waals surface area contributed by atoms with Gasteiger partial charge in [0, 0.05) is 24.2 Å². The van der Waals surface area contributed by atoms with E-state index in [-0.39, 0.29) is 11.9 Å². The third-order valence-corrected chi connectivity index (χ3v) is 4.51. The van der Waals surface area contributed by atoms with Crippen LogP contribution >= 0.6 is 11.6 Å². The Hall–Kier alpha value is -1.26. The molecule has 1 aromatic carbocycles. The summed E-state index contributed by atoms with van der Waals surface area (Å²) >= 11 is 5.84. The van der Waals surface area contributed by atoms with Gasteiger partial charge in [-0.2, -0.15) is 0 Å². The van der Waals surface area contributed by atoms with Gasteiger partial charge >= 0.3 is 0 Å². The number of nitrogens with zero attached hydrogens (tertiary/aromatic N) is 1. The number of halogens is 1. The summed E-state index contributed by atoms with van der Waals surface area (Å²) in [5.74, 6) is 0.610. The molecule has 1 amide bonds. The zero-order valence-corrected chi connectivity index (χ0v) is 14.8. The molecule has 0 radical (unpaired) electrons. The van der Waals surface area contributed by atoms with E-state index in [4.69, 9.17) is 16.3 Å². The lowest BCUT2D eigenvalue weighted by atomic mass is 10.0. The number of hydrogen-bond acceptors (Lipinski definition) is 3. The first-order valence-electron chi connectivity index (χ1n) is 8.53. The van der Waals surface area contributed by atoms with Gasteiger partial charge in [-0.1, -0.05) is 24.9 Å². The minimum Gasteiger partial charge on any atom is -0.481 e. The van der Waals surface area contributed by atoms with Crippen molar-refractivity contribution < 1.29 is 9.53 Å². The molecule has 0 aromatic heterocycles. The molecule has 1 fully saturated rings. The number of hydrogen-bond donors (Lipinski definition) is 1. The number of nitrogens with one attached hydrogen (secondary N) is 1. The lowest BCUT2D eigenvalue weighted by molar-refractivity contribution is -0.128. The lowest BCUT2D eigenvalue weighted by Crippen LogP contribution is -2.48. The monoisotopic (exact) mass is 338 g/mol. The van der Waals surface area contributed by atoms with Crippen LogP contribution in [-0.2, 0) is 4.79 Å². The van der Waals surface area contributed by atoms with Gasteiger partial charge in [-0.05, 0) is 57.0 Å². The Morgan fingerprint density at radius 1 is 1.35 bits per heavy atom. The van der Waals surface area contributed by atoms with E-state index in [1.807, 2.05) is 0 Å². The average Bonchev–Trinajstić information content (AvgIpc) is 2.56. The fraction of sp³-hybridized carbons (Fsp3) is 0.611. The van der Waals surface area contributed by atoms with Gasteiger partial charge in [0.25, 0.3) is 5.91 Å². The van der Waals surface area contributed by atoms with Gasteiger partial charge in [0.2, 0.25) is 0 Å². The second-order valence-corrected chi connectivity index (χ2v) is 6.63. The highest BCUT2D eigenvalue weighted by Gasteiger charge is 2.23. The largest absolute Gasteiger partial charge is 0.481 e. The predicted octanol–water partition coefficient (Wildman–Crippen LogP) is 3.49. The Morgan fingerprint density at radius 2 is 2.00 bits per heavy atom. The maximum absolute atomic E-state index is 12.3. The van der Waals surface area contributed by atoms with Gasteiger partial charge in [0.05, 0.1) is 0 Å². The smallest absolute Gasteiger partial charge is 0.260 e. The van der Waals surface area contributed by atoms with Crippen molar-refractivity contribution in [3.05, 3.63) is 29.3 Å². The fourth-order valence-corrected chi connectivity index (χ4v) is 2.90. The van der Waals surface area contributed by atoms with E-state index in [1.165, 1.54) is 19.4 Å². The van der Waals surface area contributed by atoms with Crippen LogP contribution in [0.15, 0.2) is 24.3 Å². The molecule has 5 heteroatoms. The third-order valence-electron chi connectivity index (χ3n) is 4.26. The molecule has 0 aliphatic carbocycles. The number of ether oxygens (including phenoxy) is 1. The molecule has 1 saturated heterocycles. The highest BCUT2D eigenvalue weighted by Crippen LogP contribution is 2.17. The van der Waals surface area contributed by atoms with Crippen molar-refractivity contribution in [1.82, 2.24) is 10.2 Å². The van der Waals surface area contributed by atoms with E-state index in [2.05, 4.69) is 17.1 Å². The van der Waals surface area contributed by atoms with Crippen LogP contribution < -0.4 is 10.1 Å². The molecule has 1 aliphatic heterocycles. The number of rotatable bonds is 7. The molecule has 0 saturated carbocycles. The van der Waals surface area contributed by atoms with Crippen molar-refractivity contribution >= 4 is 17.5 Å². The van der Waals surface area contributed by atoms with Crippen LogP contribution in [0.5, 0.6) is 5.75 Å². The van der Waals surface area contributed by atoms with Crippen LogP contribution in [0.25, 0.3) is 0 Å². The van der Waals surface area contributed by atoms with Crippen LogP contribution in [-0.4, -0.2) is 42.6 Å². The van der Waals surface area contributed by atoms with Gasteiger partial charge < -0.3 is 15.0 Å². The molecule has 2 rings (SSSR count). The first-order valence-corrected chi connectivity index (χ1v) is 8.91. The van der Waals surface area contributed by atoms with Crippen LogP contribution in [0.1, 0.15) is 39.5 Å². The molecular formula is C18H27ClN2O2. The Morgan fingerprint density at radius 3 is 2.61 bits per heavy atom. The van der Waals surface area contributed by atoms with Crippen molar-refractivity contribution in [1.29, 1.82) is 0 Å². The second kappa shape index (κ2) is 9.14. The molecule has 1 N–H and O–H groups in total. The van der Waals surface area contributed by atoms with E-state index in [0.717, 1.165) is 25.9 Å². The highest BCUT2D eigenvalue weighted by atomic mass is 35.5. The summed E-state index contributed by atoms with van der Waals surface area (Å²) in [7, 11) is 0. The van der Waals surface area contributed by atoms with Crippen LogP contribution in [0, 0.1) is 0 Å². The highest BCUT2D eigenvalue weighted by molar-refractivity contribution is 6.30. The van der Waals surface area contributed by atoms with Gasteiger partial charge in [-0.3, -0.25) is 4.79 Å². The van der Waals surface area contributed by atoms with Crippen molar-refractivity contribution in [2.75, 3.05) is 19.6 Å². The van der Waals surface area contributed by atoms with Gasteiger partial charge in [0.1, 0.15) is 5.75 Å². The molecule has 1 heterocycles. The first kappa shape index (κ1) is 18.1. The second-order valence-electron chi connectivity index (χ2n) is 6.19. The zero-order valence-electron chi connectivity index (χ0n) is 14.1. The molecule has 0 bridgehead atoms. The summed E-state index contributed by atoms with van der Waals surface area (Å²) in [6.45, 7) is 7.30. The maximum atomic E-state index is 12.3. The normalized spacial score (nSPS) is 17.7. The molecule has 0 spiro atoms. The summed E-state index contributed by atoms with van der Waals surface area (Å²) in [4.78, 5) is 14.7. The maximum Gasteiger partial charge on any atom is 0.260 e. The molecular weight excluding hydrogens is 312 g/mol. The molecule has 4 nitrogen and oxygen atoms in total. The Labute approximate surface area is 144 Å². The number of carbonyl (C=O) groups is 1. The van der Waals surface area contributed by atoms with Crippen LogP contribution in [0.4, 0.5) is 0 Å². The quantitative estimate of drug-likeness (QED) is 0.827. The van der Waals surface area contributed by atoms with Crippen molar-refractivity contribution in [3.63, 3.8) is 0 Å². The number of carbonyl (C=O) groups excluding carboxylic acids is 1. The van der Waals surface area contributed by atoms with Gasteiger partial charge in [-0.15, -0.1) is 0 Å². The number of unbranched alkanes of at least 4 members (excludes halogenated alkanes) is 1. The molecule has 128 valence electrons. The van der Waals surface area contributed by atoms with Crippen molar-refractivity contribution in [3.8, 4) is 5.75 Å². The summed E-state index contributed by atoms with van der Waals surface area (Å²) < 4.78 is 5.67. The third kappa shape index (κ3) is 6.04. The molecule has 1 unspecified atom stereocenters. The SMILES string of the molecule is CCCCN1CCC(NC(=O)C(C)Oc2ccc(Cl)cc2)CC1. The molecule has 1 atom stereocenters. The lowest BCUT2D eigenvalue weighted by Gasteiger charge is -2.32. The molecule has 1 aromatic rings. The predicted molar refractivity (Wildman–Crippen MR) is 94.1 cm³/mol. The van der Waals surface area contributed by atoms with Gasteiger partial charge in [-0.25, -0.2) is 0 Å². The van der Waals surface area contributed by atoms with E-state index in [9.17, 15) is 4.79 Å². The topological polar surface area (TPSA) is 41.6 Å². The summed E-state index contributed by atoms with van der Waals surface area (Å²) in [6.07, 6.45) is 4.01. The fourth-order valence-electron chi connectivity index (χ4n) is 2.77. The zero-order chi connectivity index (χ0) is 16.7. The van der Waals surface area contributed by atoms with Crippen LogP contribution in [0.3, 0.4) is 0 Å². The molecule has 1 aliphatic rings. The summed E-state index contributed by atoms with van der Waals surface area (Å²) in [5, 5.41) is 3.77. The van der Waals surface area contributed by atoms with E-state index >= 15 is 0 Å². The number of amides is 1. The van der Waals surface area contributed by atoms with E-state index in [0.29, 0.717) is 10.8 Å². The van der Waals surface area contributed by atoms with E-state index < -0.39 is 6.10 Å². The minimum absolute atomic E-state index is 0.0491. The number of piperidine rings is 1. The summed E-state index contributed by atoms with van der Waals surface area (Å²) in [5.41, 5.74) is 0. The molecule has 23 heavy (non-hydrogen) atoms. The minimum atomic E-state index is -0.505. The Kier molecular flexibility index (Phi) is 7.18. The van der Waals surface area contributed by atoms with E-state index in [1.54, 1.807) is 31.2 Å². The Balaban J connectivity index is 1.73. The number of benzene rings is 1. The Bertz CT molecular complexity index is 484. The van der Waals surface area contributed by atoms with Crippen molar-refractivity contribution in [2.45, 2.75) is 51.7 Å². The van der Waals surface area contributed by atoms with Crippen LogP contribution in [0.2, 0.25) is 5.02 Å². The van der Waals surface area contributed by atoms with Gasteiger partial charge in [0.15, 0.2) is 6.10 Å². The first-order chi connectivity index (χ1) is 11.1. The average molecular weight is 339 g/mol.